The Morgan fingerprint density at radius 1 is 1.50 bits per heavy atom. The molecule has 3 nitrogen and oxygen atoms in total. The molecule has 0 aromatic heterocycles. The molecule has 0 aliphatic heterocycles. The Morgan fingerprint density at radius 3 is 2.88 bits per heavy atom. The van der Waals surface area contributed by atoms with Crippen molar-refractivity contribution in [3.05, 3.63) is 34.3 Å². The van der Waals surface area contributed by atoms with Crippen molar-refractivity contribution in [2.75, 3.05) is 26.8 Å². The van der Waals surface area contributed by atoms with Gasteiger partial charge in [-0.25, -0.2) is 0 Å². The lowest BCUT2D eigenvalue weighted by molar-refractivity contribution is 0.161. The Bertz CT molecular complexity index is 331. The highest BCUT2D eigenvalue weighted by Gasteiger charge is 2.08. The topological polar surface area (TPSA) is 41.5 Å². The average molecular weight is 244 g/mol. The number of aliphatic hydroxyl groups excluding tert-OH is 1. The molecule has 0 heterocycles. The van der Waals surface area contributed by atoms with Crippen molar-refractivity contribution in [2.24, 2.45) is 0 Å². The number of benzene rings is 1. The summed E-state index contributed by atoms with van der Waals surface area (Å²) in [4.78, 5) is 0. The van der Waals surface area contributed by atoms with Gasteiger partial charge in [-0.2, -0.15) is 0 Å². The van der Waals surface area contributed by atoms with Gasteiger partial charge in [-0.1, -0.05) is 23.7 Å². The maximum atomic E-state index is 9.87. The van der Waals surface area contributed by atoms with Crippen molar-refractivity contribution in [2.45, 2.75) is 13.0 Å². The molecule has 1 rings (SSSR count). The molecule has 16 heavy (non-hydrogen) atoms. The lowest BCUT2D eigenvalue weighted by Crippen LogP contribution is -2.24. The smallest absolute Gasteiger partial charge is 0.0914 e. The van der Waals surface area contributed by atoms with Crippen LogP contribution in [0, 0.1) is 6.92 Å². The third-order valence-electron chi connectivity index (χ3n) is 2.40. The summed E-state index contributed by atoms with van der Waals surface area (Å²) >= 11 is 5.99. The molecule has 0 spiro atoms. The van der Waals surface area contributed by atoms with Crippen LogP contribution in [0.25, 0.3) is 0 Å². The van der Waals surface area contributed by atoms with E-state index in [1.54, 1.807) is 13.2 Å². The number of rotatable bonds is 6. The van der Waals surface area contributed by atoms with Crippen LogP contribution in [-0.4, -0.2) is 31.9 Å². The Labute approximate surface area is 101 Å². The van der Waals surface area contributed by atoms with Crippen molar-refractivity contribution in [3.63, 3.8) is 0 Å². The molecule has 0 aliphatic carbocycles. The summed E-state index contributed by atoms with van der Waals surface area (Å²) in [7, 11) is 1.65. The summed E-state index contributed by atoms with van der Waals surface area (Å²) in [5.41, 5.74) is 1.85. The molecular formula is C12H18ClNO2. The Kier molecular flexibility index (Phi) is 5.77. The maximum Gasteiger partial charge on any atom is 0.0914 e. The fraction of sp³-hybridized carbons (Fsp3) is 0.500. The first kappa shape index (κ1) is 13.5. The Morgan fingerprint density at radius 2 is 2.25 bits per heavy atom. The monoisotopic (exact) mass is 243 g/mol. The van der Waals surface area contributed by atoms with Crippen molar-refractivity contribution >= 4 is 11.6 Å². The second-order valence-electron chi connectivity index (χ2n) is 3.72. The minimum absolute atomic E-state index is 0.503. The number of aryl methyl sites for hydroxylation is 1. The second kappa shape index (κ2) is 6.86. The summed E-state index contributed by atoms with van der Waals surface area (Å²) in [6.07, 6.45) is -0.532. The zero-order valence-corrected chi connectivity index (χ0v) is 10.4. The standard InChI is InChI=1S/C12H18ClNO2/c1-9-3-4-10(7-11(9)13)12(15)8-14-5-6-16-2/h3-4,7,12,14-15H,5-6,8H2,1-2H3. The number of hydrogen-bond donors (Lipinski definition) is 2. The summed E-state index contributed by atoms with van der Waals surface area (Å²) in [5.74, 6) is 0. The number of nitrogens with one attached hydrogen (secondary N) is 1. The average Bonchev–Trinajstić information content (AvgIpc) is 2.28. The largest absolute Gasteiger partial charge is 0.387 e. The van der Waals surface area contributed by atoms with E-state index in [0.717, 1.165) is 17.7 Å². The summed E-state index contributed by atoms with van der Waals surface area (Å²) in [6.45, 7) is 3.81. The predicted molar refractivity (Wildman–Crippen MR) is 65.9 cm³/mol. The SMILES string of the molecule is COCCNCC(O)c1ccc(C)c(Cl)c1. The zero-order chi connectivity index (χ0) is 12.0. The maximum absolute atomic E-state index is 9.87. The van der Waals surface area contributed by atoms with Gasteiger partial charge in [-0.05, 0) is 24.1 Å². The normalized spacial score (nSPS) is 12.8. The molecule has 0 amide bonds. The van der Waals surface area contributed by atoms with Crippen molar-refractivity contribution < 1.29 is 9.84 Å². The van der Waals surface area contributed by atoms with Crippen molar-refractivity contribution in [1.82, 2.24) is 5.32 Å². The van der Waals surface area contributed by atoms with E-state index in [2.05, 4.69) is 5.32 Å². The van der Waals surface area contributed by atoms with Gasteiger partial charge in [0, 0.05) is 25.2 Å². The van der Waals surface area contributed by atoms with E-state index < -0.39 is 6.10 Å². The van der Waals surface area contributed by atoms with Crippen molar-refractivity contribution in [3.8, 4) is 0 Å². The first-order chi connectivity index (χ1) is 7.65. The first-order valence-corrected chi connectivity index (χ1v) is 5.66. The summed E-state index contributed by atoms with van der Waals surface area (Å²) < 4.78 is 4.90. The molecule has 2 N–H and O–H groups in total. The third-order valence-corrected chi connectivity index (χ3v) is 2.81. The highest BCUT2D eigenvalue weighted by atomic mass is 35.5. The molecule has 0 saturated heterocycles. The molecule has 0 fully saturated rings. The molecule has 1 aromatic carbocycles. The lowest BCUT2D eigenvalue weighted by atomic mass is 10.1. The van der Waals surface area contributed by atoms with Gasteiger partial charge >= 0.3 is 0 Å². The lowest BCUT2D eigenvalue weighted by Gasteiger charge is -2.13. The van der Waals surface area contributed by atoms with Crippen LogP contribution in [0.3, 0.4) is 0 Å². The quantitative estimate of drug-likeness (QED) is 0.750. The highest BCUT2D eigenvalue weighted by molar-refractivity contribution is 6.31. The van der Waals surface area contributed by atoms with Gasteiger partial charge in [0.25, 0.3) is 0 Å². The molecule has 1 unspecified atom stereocenters. The number of aliphatic hydroxyl groups is 1. The number of ether oxygens (including phenoxy) is 1. The summed E-state index contributed by atoms with van der Waals surface area (Å²) in [5, 5.41) is 13.7. The number of methoxy groups -OCH3 is 1. The van der Waals surface area contributed by atoms with E-state index in [1.165, 1.54) is 0 Å². The van der Waals surface area contributed by atoms with Gasteiger partial charge in [0.05, 0.1) is 12.7 Å². The van der Waals surface area contributed by atoms with Gasteiger partial charge in [0.15, 0.2) is 0 Å². The third kappa shape index (κ3) is 4.10. The Balaban J connectivity index is 2.46. The van der Waals surface area contributed by atoms with E-state index in [0.29, 0.717) is 18.2 Å². The van der Waals surface area contributed by atoms with E-state index >= 15 is 0 Å². The summed E-state index contributed by atoms with van der Waals surface area (Å²) in [6, 6.07) is 5.61. The van der Waals surface area contributed by atoms with E-state index in [4.69, 9.17) is 16.3 Å². The zero-order valence-electron chi connectivity index (χ0n) is 9.66. The van der Waals surface area contributed by atoms with Crippen LogP contribution in [0.4, 0.5) is 0 Å². The minimum Gasteiger partial charge on any atom is -0.387 e. The first-order valence-electron chi connectivity index (χ1n) is 5.29. The fourth-order valence-corrected chi connectivity index (χ4v) is 1.54. The molecular weight excluding hydrogens is 226 g/mol. The van der Waals surface area contributed by atoms with Crippen LogP contribution in [-0.2, 0) is 4.74 Å². The van der Waals surface area contributed by atoms with Gasteiger partial charge in [0.1, 0.15) is 0 Å². The molecule has 0 aliphatic rings. The van der Waals surface area contributed by atoms with Crippen LogP contribution in [0.1, 0.15) is 17.2 Å². The predicted octanol–water partition coefficient (Wildman–Crippen LogP) is 1.92. The van der Waals surface area contributed by atoms with Crippen LogP contribution in [0.15, 0.2) is 18.2 Å². The molecule has 0 bridgehead atoms. The Hall–Kier alpha value is -0.610. The molecule has 1 atom stereocenters. The van der Waals surface area contributed by atoms with Crippen LogP contribution < -0.4 is 5.32 Å². The molecule has 90 valence electrons. The van der Waals surface area contributed by atoms with Crippen molar-refractivity contribution in [1.29, 1.82) is 0 Å². The van der Waals surface area contributed by atoms with Gasteiger partial charge in [-0.3, -0.25) is 0 Å². The number of halogens is 1. The van der Waals surface area contributed by atoms with Crippen LogP contribution in [0.2, 0.25) is 5.02 Å². The van der Waals surface area contributed by atoms with Gasteiger partial charge in [-0.15, -0.1) is 0 Å². The molecule has 4 heteroatoms. The van der Waals surface area contributed by atoms with Crippen LogP contribution >= 0.6 is 11.6 Å². The van der Waals surface area contributed by atoms with E-state index in [1.807, 2.05) is 19.1 Å². The van der Waals surface area contributed by atoms with Gasteiger partial charge < -0.3 is 15.2 Å². The van der Waals surface area contributed by atoms with Gasteiger partial charge in [0.2, 0.25) is 0 Å². The van der Waals surface area contributed by atoms with E-state index in [-0.39, 0.29) is 0 Å². The second-order valence-corrected chi connectivity index (χ2v) is 4.13. The van der Waals surface area contributed by atoms with E-state index in [9.17, 15) is 5.11 Å². The van der Waals surface area contributed by atoms with Crippen LogP contribution in [0.5, 0.6) is 0 Å². The number of hydrogen-bond acceptors (Lipinski definition) is 3. The molecule has 1 aromatic rings. The minimum atomic E-state index is -0.532. The molecule has 0 radical (unpaired) electrons. The molecule has 0 saturated carbocycles. The highest BCUT2D eigenvalue weighted by Crippen LogP contribution is 2.20. The fourth-order valence-electron chi connectivity index (χ4n) is 1.35.